The summed E-state index contributed by atoms with van der Waals surface area (Å²) in [4.78, 5) is 14.6. The molecule has 5 nitrogen and oxygen atoms in total. The smallest absolute Gasteiger partial charge is 0.276 e. The molecule has 0 saturated heterocycles. The molecule has 0 radical (unpaired) electrons. The Hall–Kier alpha value is -1.95. The number of hydrogen-bond acceptors (Lipinski definition) is 4. The number of halogens is 1. The van der Waals surface area contributed by atoms with Crippen molar-refractivity contribution in [2.75, 3.05) is 0 Å². The molecular weight excluding hydrogens is 312 g/mol. The topological polar surface area (TPSA) is 65.3 Å². The zero-order chi connectivity index (χ0) is 13.8. The number of rotatable bonds is 4. The largest absolute Gasteiger partial charge is 0.487 e. The van der Waals surface area contributed by atoms with Crippen LogP contribution >= 0.6 is 15.9 Å². The third-order valence-electron chi connectivity index (χ3n) is 2.62. The molecule has 0 amide bonds. The van der Waals surface area contributed by atoms with Crippen molar-refractivity contribution in [1.29, 1.82) is 0 Å². The third-order valence-corrected chi connectivity index (χ3v) is 3.09. The van der Waals surface area contributed by atoms with Gasteiger partial charge in [0.05, 0.1) is 16.2 Å². The van der Waals surface area contributed by atoms with Crippen molar-refractivity contribution < 1.29 is 9.66 Å². The van der Waals surface area contributed by atoms with Crippen LogP contribution in [0.1, 0.15) is 11.3 Å². The van der Waals surface area contributed by atoms with Gasteiger partial charge in [0.2, 0.25) is 0 Å². The minimum Gasteiger partial charge on any atom is -0.487 e. The lowest BCUT2D eigenvalue weighted by atomic mass is 10.2. The SMILES string of the molecule is Cc1c(OCc2ccc(Br)cn2)cccc1[N+](=O)[O-]. The highest BCUT2D eigenvalue weighted by molar-refractivity contribution is 9.10. The molecule has 0 unspecified atom stereocenters. The molecule has 1 aromatic heterocycles. The van der Waals surface area contributed by atoms with Crippen LogP contribution in [0.3, 0.4) is 0 Å². The minimum atomic E-state index is -0.417. The van der Waals surface area contributed by atoms with E-state index in [9.17, 15) is 10.1 Å². The first-order valence-electron chi connectivity index (χ1n) is 5.55. The van der Waals surface area contributed by atoms with Gasteiger partial charge in [-0.05, 0) is 41.1 Å². The molecular formula is C13H11BrN2O3. The lowest BCUT2D eigenvalue weighted by molar-refractivity contribution is -0.385. The van der Waals surface area contributed by atoms with E-state index in [0.29, 0.717) is 11.3 Å². The van der Waals surface area contributed by atoms with E-state index in [0.717, 1.165) is 10.2 Å². The van der Waals surface area contributed by atoms with Crippen LogP contribution in [0.25, 0.3) is 0 Å². The van der Waals surface area contributed by atoms with E-state index >= 15 is 0 Å². The number of hydrogen-bond donors (Lipinski definition) is 0. The molecule has 0 aliphatic carbocycles. The van der Waals surface area contributed by atoms with Gasteiger partial charge in [-0.3, -0.25) is 15.1 Å². The van der Waals surface area contributed by atoms with Gasteiger partial charge in [-0.1, -0.05) is 6.07 Å². The van der Waals surface area contributed by atoms with Crippen LogP contribution in [0.2, 0.25) is 0 Å². The summed E-state index contributed by atoms with van der Waals surface area (Å²) in [5, 5.41) is 10.8. The minimum absolute atomic E-state index is 0.0567. The lowest BCUT2D eigenvalue weighted by Crippen LogP contribution is -2.00. The number of nitro groups is 1. The summed E-state index contributed by atoms with van der Waals surface area (Å²) in [6.45, 7) is 1.94. The molecule has 0 fully saturated rings. The van der Waals surface area contributed by atoms with Gasteiger partial charge in [0, 0.05) is 16.7 Å². The molecule has 0 atom stereocenters. The lowest BCUT2D eigenvalue weighted by Gasteiger charge is -2.08. The highest BCUT2D eigenvalue weighted by Gasteiger charge is 2.14. The zero-order valence-corrected chi connectivity index (χ0v) is 11.8. The molecule has 6 heteroatoms. The Balaban J connectivity index is 2.13. The number of benzene rings is 1. The third kappa shape index (κ3) is 3.29. The fourth-order valence-corrected chi connectivity index (χ4v) is 1.84. The van der Waals surface area contributed by atoms with Crippen molar-refractivity contribution in [3.63, 3.8) is 0 Å². The van der Waals surface area contributed by atoms with Crippen LogP contribution in [0.4, 0.5) is 5.69 Å². The summed E-state index contributed by atoms with van der Waals surface area (Å²) < 4.78 is 6.46. The maximum absolute atomic E-state index is 10.8. The Morgan fingerprint density at radius 1 is 1.37 bits per heavy atom. The monoisotopic (exact) mass is 322 g/mol. The first-order valence-corrected chi connectivity index (χ1v) is 6.34. The van der Waals surface area contributed by atoms with Crippen LogP contribution < -0.4 is 4.74 Å². The predicted octanol–water partition coefficient (Wildman–Crippen LogP) is 3.64. The summed E-state index contributed by atoms with van der Waals surface area (Å²) in [6, 6.07) is 8.47. The fraction of sp³-hybridized carbons (Fsp3) is 0.154. The molecule has 0 spiro atoms. The second-order valence-corrected chi connectivity index (χ2v) is 4.83. The molecule has 1 aromatic carbocycles. The van der Waals surface area contributed by atoms with E-state index in [-0.39, 0.29) is 12.3 Å². The number of pyridine rings is 1. The van der Waals surface area contributed by atoms with Gasteiger partial charge in [0.15, 0.2) is 0 Å². The number of nitro benzene ring substituents is 1. The van der Waals surface area contributed by atoms with Crippen molar-refractivity contribution in [1.82, 2.24) is 4.98 Å². The van der Waals surface area contributed by atoms with Gasteiger partial charge in [-0.2, -0.15) is 0 Å². The van der Waals surface area contributed by atoms with Crippen LogP contribution in [0.15, 0.2) is 41.0 Å². The molecule has 0 aliphatic heterocycles. The first-order chi connectivity index (χ1) is 9.08. The maximum Gasteiger partial charge on any atom is 0.276 e. The van der Waals surface area contributed by atoms with Crippen LogP contribution in [0.5, 0.6) is 5.75 Å². The van der Waals surface area contributed by atoms with Gasteiger partial charge in [0.1, 0.15) is 12.4 Å². The molecule has 0 bridgehead atoms. The van der Waals surface area contributed by atoms with Gasteiger partial charge in [0.25, 0.3) is 5.69 Å². The van der Waals surface area contributed by atoms with E-state index in [1.165, 1.54) is 6.07 Å². The van der Waals surface area contributed by atoms with Crippen molar-refractivity contribution >= 4 is 21.6 Å². The molecule has 98 valence electrons. The fourth-order valence-electron chi connectivity index (χ4n) is 1.60. The molecule has 0 saturated carbocycles. The Kier molecular flexibility index (Phi) is 4.11. The van der Waals surface area contributed by atoms with Gasteiger partial charge in [-0.25, -0.2) is 0 Å². The predicted molar refractivity (Wildman–Crippen MR) is 74.1 cm³/mol. The van der Waals surface area contributed by atoms with Crippen molar-refractivity contribution in [3.8, 4) is 5.75 Å². The Morgan fingerprint density at radius 2 is 2.16 bits per heavy atom. The van der Waals surface area contributed by atoms with Crippen molar-refractivity contribution in [2.24, 2.45) is 0 Å². The van der Waals surface area contributed by atoms with Crippen molar-refractivity contribution in [3.05, 3.63) is 62.4 Å². The summed E-state index contributed by atoms with van der Waals surface area (Å²) >= 11 is 3.30. The zero-order valence-electron chi connectivity index (χ0n) is 10.2. The van der Waals surface area contributed by atoms with E-state index in [1.54, 1.807) is 25.3 Å². The summed E-state index contributed by atoms with van der Waals surface area (Å²) in [5.74, 6) is 0.499. The van der Waals surface area contributed by atoms with E-state index in [1.807, 2.05) is 12.1 Å². The van der Waals surface area contributed by atoms with Crippen LogP contribution in [-0.4, -0.2) is 9.91 Å². The molecule has 19 heavy (non-hydrogen) atoms. The van der Waals surface area contributed by atoms with Crippen LogP contribution in [-0.2, 0) is 6.61 Å². The maximum atomic E-state index is 10.8. The second-order valence-electron chi connectivity index (χ2n) is 3.91. The highest BCUT2D eigenvalue weighted by Crippen LogP contribution is 2.27. The number of nitrogens with zero attached hydrogens (tertiary/aromatic N) is 2. The van der Waals surface area contributed by atoms with Gasteiger partial charge < -0.3 is 4.74 Å². The van der Waals surface area contributed by atoms with Crippen LogP contribution in [0, 0.1) is 17.0 Å². The summed E-state index contributed by atoms with van der Waals surface area (Å²) in [7, 11) is 0. The quantitative estimate of drug-likeness (QED) is 0.636. The first kappa shape index (κ1) is 13.5. The Morgan fingerprint density at radius 3 is 2.79 bits per heavy atom. The molecule has 0 aliphatic rings. The molecule has 2 aromatic rings. The molecule has 1 heterocycles. The van der Waals surface area contributed by atoms with Crippen molar-refractivity contribution in [2.45, 2.75) is 13.5 Å². The highest BCUT2D eigenvalue weighted by atomic mass is 79.9. The van der Waals surface area contributed by atoms with E-state index in [2.05, 4.69) is 20.9 Å². The molecule has 0 N–H and O–H groups in total. The number of aromatic nitrogens is 1. The average Bonchev–Trinajstić information content (AvgIpc) is 2.39. The number of ether oxygens (including phenoxy) is 1. The average molecular weight is 323 g/mol. The van der Waals surface area contributed by atoms with E-state index in [4.69, 9.17) is 4.74 Å². The van der Waals surface area contributed by atoms with E-state index < -0.39 is 4.92 Å². The normalized spacial score (nSPS) is 10.2. The van der Waals surface area contributed by atoms with Gasteiger partial charge in [-0.15, -0.1) is 0 Å². The Labute approximate surface area is 118 Å². The Bertz CT molecular complexity index is 599. The second kappa shape index (κ2) is 5.79. The standard InChI is InChI=1S/C13H11BrN2O3/c1-9-12(16(17)18)3-2-4-13(9)19-8-11-6-5-10(14)7-15-11/h2-7H,8H2,1H3. The summed E-state index contributed by atoms with van der Waals surface area (Å²) in [5.41, 5.74) is 1.33. The van der Waals surface area contributed by atoms with Gasteiger partial charge >= 0.3 is 0 Å². The molecule has 2 rings (SSSR count). The summed E-state index contributed by atoms with van der Waals surface area (Å²) in [6.07, 6.45) is 1.68.